The van der Waals surface area contributed by atoms with Gasteiger partial charge >= 0.3 is 6.09 Å². The van der Waals surface area contributed by atoms with E-state index >= 15 is 0 Å². The summed E-state index contributed by atoms with van der Waals surface area (Å²) in [5.41, 5.74) is 2.66. The molecule has 3 aromatic rings. The van der Waals surface area contributed by atoms with Gasteiger partial charge in [-0.15, -0.1) is 0 Å². The maximum Gasteiger partial charge on any atom is 0.407 e. The van der Waals surface area contributed by atoms with E-state index in [0.717, 1.165) is 24.8 Å². The highest BCUT2D eigenvalue weighted by Gasteiger charge is 2.30. The normalized spacial score (nSPS) is 17.5. The van der Waals surface area contributed by atoms with Gasteiger partial charge in [0.25, 0.3) is 5.91 Å². The second kappa shape index (κ2) is 9.86. The first-order chi connectivity index (χ1) is 16.3. The van der Waals surface area contributed by atoms with Gasteiger partial charge in [-0.1, -0.05) is 0 Å². The number of nitrogens with zero attached hydrogens (tertiary/aromatic N) is 4. The molecule has 3 aromatic heterocycles. The van der Waals surface area contributed by atoms with Crippen molar-refractivity contribution in [2.75, 3.05) is 5.32 Å². The highest BCUT2D eigenvalue weighted by Crippen LogP contribution is 2.36. The molecular weight excluding hydrogens is 438 g/mol. The number of aryl methyl sites for hydroxylation is 1. The van der Waals surface area contributed by atoms with Gasteiger partial charge in [-0.2, -0.15) is 10.2 Å². The van der Waals surface area contributed by atoms with Crippen molar-refractivity contribution in [3.8, 4) is 11.3 Å². The molecule has 4 rings (SSSR count). The van der Waals surface area contributed by atoms with Crippen molar-refractivity contribution >= 4 is 24.1 Å². The zero-order chi connectivity index (χ0) is 24.2. The molecule has 11 heteroatoms. The largest absolute Gasteiger partial charge is 0.446 e. The first kappa shape index (κ1) is 23.1. The Balaban J connectivity index is 1.39. The molecule has 34 heavy (non-hydrogen) atoms. The molecule has 2 amide bonds. The number of aldehydes is 1. The average Bonchev–Trinajstić information content (AvgIpc) is 3.53. The third-order valence-electron chi connectivity index (χ3n) is 5.71. The highest BCUT2D eigenvalue weighted by atomic mass is 16.6. The fraction of sp³-hybridized carbons (Fsp3) is 0.391. The molecule has 0 aliphatic heterocycles. The molecule has 1 fully saturated rings. The molecule has 2 unspecified atom stereocenters. The summed E-state index contributed by atoms with van der Waals surface area (Å²) in [5, 5.41) is 17.1. The molecule has 11 nitrogen and oxygen atoms in total. The Kier molecular flexibility index (Phi) is 6.71. The van der Waals surface area contributed by atoms with Gasteiger partial charge in [0.15, 0.2) is 12.1 Å². The molecule has 0 radical (unpaired) electrons. The van der Waals surface area contributed by atoms with Crippen LogP contribution in [0, 0.1) is 0 Å². The Hall–Kier alpha value is -4.02. The molecule has 0 spiro atoms. The van der Waals surface area contributed by atoms with Crippen LogP contribution in [0.25, 0.3) is 11.3 Å². The summed E-state index contributed by atoms with van der Waals surface area (Å²) < 4.78 is 6.93. The molecule has 3 heterocycles. The minimum atomic E-state index is -0.402. The Bertz CT molecular complexity index is 1200. The number of anilines is 1. The van der Waals surface area contributed by atoms with E-state index in [0.29, 0.717) is 34.8 Å². The standard InChI is InChI=1S/C23H27N7O4/c1-13(2)25-23(33)34-16-5-4-14(8-16)18-10-21(28-27-18)26-22(32)20-9-19(29-30(20)3)17-11-24-7-6-15(17)12-31/h6-7,9-14,16H,4-5,8H2,1-3H3,(H,25,33)(H2,26,27,28,32). The summed E-state index contributed by atoms with van der Waals surface area (Å²) in [5.74, 6) is 0.166. The second-order valence-corrected chi connectivity index (χ2v) is 8.62. The van der Waals surface area contributed by atoms with Crippen LogP contribution in [0.5, 0.6) is 0 Å². The molecule has 2 atom stereocenters. The van der Waals surface area contributed by atoms with Crippen LogP contribution in [0.1, 0.15) is 65.6 Å². The van der Waals surface area contributed by atoms with Crippen LogP contribution >= 0.6 is 0 Å². The van der Waals surface area contributed by atoms with Gasteiger partial charge in [-0.05, 0) is 45.2 Å². The number of H-pyrrole nitrogens is 1. The number of carbonyl (C=O) groups excluding carboxylic acids is 3. The Morgan fingerprint density at radius 1 is 1.29 bits per heavy atom. The quantitative estimate of drug-likeness (QED) is 0.455. The van der Waals surface area contributed by atoms with Gasteiger partial charge in [-0.25, -0.2) is 4.79 Å². The van der Waals surface area contributed by atoms with Crippen LogP contribution in [0.4, 0.5) is 10.6 Å². The number of aromatic nitrogens is 5. The number of amides is 2. The van der Waals surface area contributed by atoms with Gasteiger partial charge in [0.1, 0.15) is 11.8 Å². The lowest BCUT2D eigenvalue weighted by molar-refractivity contribution is 0.0979. The minimum absolute atomic E-state index is 0.0235. The van der Waals surface area contributed by atoms with Crippen molar-refractivity contribution in [1.29, 1.82) is 0 Å². The van der Waals surface area contributed by atoms with E-state index in [2.05, 4.69) is 30.9 Å². The summed E-state index contributed by atoms with van der Waals surface area (Å²) in [6.07, 6.45) is 5.55. The SMILES string of the molecule is CC(C)NC(=O)OC1CCC(c2cc(NC(=O)c3cc(-c4cnccc4C=O)nn3C)n[nH]2)C1. The summed E-state index contributed by atoms with van der Waals surface area (Å²) in [4.78, 5) is 40.0. The van der Waals surface area contributed by atoms with Gasteiger partial charge in [0.05, 0.1) is 5.69 Å². The second-order valence-electron chi connectivity index (χ2n) is 8.62. The molecule has 178 valence electrons. The van der Waals surface area contributed by atoms with Crippen molar-refractivity contribution in [2.45, 2.75) is 51.2 Å². The first-order valence-corrected chi connectivity index (χ1v) is 11.1. The number of ether oxygens (including phenoxy) is 1. The molecule has 1 aliphatic rings. The Morgan fingerprint density at radius 2 is 2.12 bits per heavy atom. The van der Waals surface area contributed by atoms with E-state index in [4.69, 9.17) is 4.74 Å². The van der Waals surface area contributed by atoms with E-state index in [1.165, 1.54) is 10.9 Å². The average molecular weight is 466 g/mol. The first-order valence-electron chi connectivity index (χ1n) is 11.1. The minimum Gasteiger partial charge on any atom is -0.446 e. The van der Waals surface area contributed by atoms with E-state index in [1.807, 2.05) is 13.8 Å². The molecule has 0 aromatic carbocycles. The van der Waals surface area contributed by atoms with Crippen LogP contribution in [-0.4, -0.2) is 55.4 Å². The zero-order valence-electron chi connectivity index (χ0n) is 19.2. The topological polar surface area (TPSA) is 144 Å². The van der Waals surface area contributed by atoms with E-state index in [-0.39, 0.29) is 24.0 Å². The van der Waals surface area contributed by atoms with E-state index in [1.54, 1.807) is 31.4 Å². The van der Waals surface area contributed by atoms with Gasteiger partial charge in [0.2, 0.25) is 0 Å². The fourth-order valence-corrected chi connectivity index (χ4v) is 4.07. The van der Waals surface area contributed by atoms with Crippen molar-refractivity contribution in [1.82, 2.24) is 30.3 Å². The maximum absolute atomic E-state index is 12.9. The molecule has 0 bridgehead atoms. The summed E-state index contributed by atoms with van der Waals surface area (Å²) in [7, 11) is 1.65. The van der Waals surface area contributed by atoms with Gasteiger partial charge in [0, 0.05) is 54.3 Å². The number of pyridine rings is 1. The predicted octanol–water partition coefficient (Wildman–Crippen LogP) is 3.04. The van der Waals surface area contributed by atoms with Crippen molar-refractivity contribution in [2.24, 2.45) is 7.05 Å². The van der Waals surface area contributed by atoms with Crippen LogP contribution in [0.15, 0.2) is 30.6 Å². The lowest BCUT2D eigenvalue weighted by Crippen LogP contribution is -2.33. The third kappa shape index (κ3) is 5.13. The molecule has 0 saturated heterocycles. The molecule has 3 N–H and O–H groups in total. The number of hydrogen-bond acceptors (Lipinski definition) is 7. The van der Waals surface area contributed by atoms with Crippen LogP contribution in [0.2, 0.25) is 0 Å². The monoisotopic (exact) mass is 465 g/mol. The lowest BCUT2D eigenvalue weighted by atomic mass is 10.0. The van der Waals surface area contributed by atoms with Crippen molar-refractivity contribution in [3.63, 3.8) is 0 Å². The van der Waals surface area contributed by atoms with Crippen LogP contribution in [0.3, 0.4) is 0 Å². The lowest BCUT2D eigenvalue weighted by Gasteiger charge is -2.14. The van der Waals surface area contributed by atoms with Crippen molar-refractivity contribution < 1.29 is 19.1 Å². The van der Waals surface area contributed by atoms with Gasteiger partial charge in [-0.3, -0.25) is 24.4 Å². The van der Waals surface area contributed by atoms with Gasteiger partial charge < -0.3 is 15.4 Å². The Morgan fingerprint density at radius 3 is 2.88 bits per heavy atom. The number of aromatic amines is 1. The van der Waals surface area contributed by atoms with E-state index < -0.39 is 6.09 Å². The zero-order valence-corrected chi connectivity index (χ0v) is 19.2. The number of nitrogens with one attached hydrogen (secondary N) is 3. The molecular formula is C23H27N7O4. The predicted molar refractivity (Wildman–Crippen MR) is 124 cm³/mol. The summed E-state index contributed by atoms with van der Waals surface area (Å²) in [6.45, 7) is 3.76. The van der Waals surface area contributed by atoms with Crippen LogP contribution in [-0.2, 0) is 11.8 Å². The number of alkyl carbamates (subject to hydrolysis) is 1. The number of hydrogen-bond donors (Lipinski definition) is 3. The van der Waals surface area contributed by atoms with E-state index in [9.17, 15) is 14.4 Å². The Labute approximate surface area is 196 Å². The van der Waals surface area contributed by atoms with Crippen molar-refractivity contribution in [3.05, 3.63) is 47.5 Å². The highest BCUT2D eigenvalue weighted by molar-refractivity contribution is 6.03. The molecule has 1 aliphatic carbocycles. The summed E-state index contributed by atoms with van der Waals surface area (Å²) >= 11 is 0. The molecule has 1 saturated carbocycles. The van der Waals surface area contributed by atoms with Crippen LogP contribution < -0.4 is 10.6 Å². The summed E-state index contributed by atoms with van der Waals surface area (Å²) in [6, 6.07) is 5.02. The number of carbonyl (C=O) groups is 3. The third-order valence-corrected chi connectivity index (χ3v) is 5.71. The maximum atomic E-state index is 12.9. The smallest absolute Gasteiger partial charge is 0.407 e. The fourth-order valence-electron chi connectivity index (χ4n) is 4.07. The number of rotatable bonds is 7.